The number of nitrogens with zero attached hydrogens (tertiary/aromatic N) is 6. The number of carbonyl (C=O) groups excluding carboxylic acids is 2. The fourth-order valence-corrected chi connectivity index (χ4v) is 5.08. The van der Waals surface area contributed by atoms with Crippen molar-refractivity contribution in [3.63, 3.8) is 0 Å². The third kappa shape index (κ3) is 5.08. The zero-order valence-corrected chi connectivity index (χ0v) is 19.7. The summed E-state index contributed by atoms with van der Waals surface area (Å²) < 4.78 is 1.86. The Hall–Kier alpha value is -3.20. The van der Waals surface area contributed by atoms with Gasteiger partial charge >= 0.3 is 0 Å². The average molecular weight is 465 g/mol. The molecule has 0 bridgehead atoms. The molecule has 0 spiro atoms. The quantitative estimate of drug-likeness (QED) is 0.451. The third-order valence-corrected chi connectivity index (χ3v) is 6.89. The predicted molar refractivity (Wildman–Crippen MR) is 127 cm³/mol. The van der Waals surface area contributed by atoms with Crippen molar-refractivity contribution in [2.75, 3.05) is 19.6 Å². The number of hydrogen-bond donors (Lipinski definition) is 0. The van der Waals surface area contributed by atoms with E-state index in [4.69, 9.17) is 0 Å². The molecule has 8 nitrogen and oxygen atoms in total. The van der Waals surface area contributed by atoms with Crippen LogP contribution in [0, 0.1) is 0 Å². The number of hydrogen-bond acceptors (Lipinski definition) is 6. The van der Waals surface area contributed by atoms with Crippen LogP contribution in [0.4, 0.5) is 0 Å². The van der Waals surface area contributed by atoms with Crippen LogP contribution in [-0.2, 0) is 16.1 Å². The van der Waals surface area contributed by atoms with Crippen LogP contribution in [0.3, 0.4) is 0 Å². The fraction of sp³-hybridized carbons (Fsp3) is 0.375. The highest BCUT2D eigenvalue weighted by Gasteiger charge is 2.30. The first kappa shape index (κ1) is 23.0. The summed E-state index contributed by atoms with van der Waals surface area (Å²) in [5, 5.41) is 8.96. The van der Waals surface area contributed by atoms with Gasteiger partial charge in [-0.1, -0.05) is 48.2 Å². The summed E-state index contributed by atoms with van der Waals surface area (Å²) in [4.78, 5) is 33.8. The number of carbonyl (C=O) groups is 2. The molecule has 172 valence electrons. The molecular formula is C24H28N6O2S. The number of pyridine rings is 1. The highest BCUT2D eigenvalue weighted by atomic mass is 32.2. The van der Waals surface area contributed by atoms with Crippen LogP contribution in [0.2, 0.25) is 0 Å². The van der Waals surface area contributed by atoms with Crippen molar-refractivity contribution in [3.05, 3.63) is 66.1 Å². The molecule has 33 heavy (non-hydrogen) atoms. The van der Waals surface area contributed by atoms with Crippen LogP contribution < -0.4 is 0 Å². The van der Waals surface area contributed by atoms with E-state index in [2.05, 4.69) is 15.2 Å². The van der Waals surface area contributed by atoms with Gasteiger partial charge in [0, 0.05) is 32.3 Å². The van der Waals surface area contributed by atoms with E-state index in [1.165, 1.54) is 11.8 Å². The van der Waals surface area contributed by atoms with Gasteiger partial charge in [0.05, 0.1) is 6.54 Å². The minimum Gasteiger partial charge on any atom is -0.342 e. The molecule has 1 unspecified atom stereocenters. The number of rotatable bonds is 9. The number of likely N-dealkylation sites (tertiary alicyclic amines) is 1. The fourth-order valence-electron chi connectivity index (χ4n) is 3.93. The molecule has 0 radical (unpaired) electrons. The number of amides is 2. The molecule has 9 heteroatoms. The van der Waals surface area contributed by atoms with Crippen molar-refractivity contribution in [1.82, 2.24) is 29.5 Å². The van der Waals surface area contributed by atoms with Crippen LogP contribution in [0.1, 0.15) is 43.3 Å². The van der Waals surface area contributed by atoms with Crippen LogP contribution >= 0.6 is 11.8 Å². The normalized spacial score (nSPS) is 14.5. The Morgan fingerprint density at radius 2 is 1.85 bits per heavy atom. The summed E-state index contributed by atoms with van der Waals surface area (Å²) in [6.45, 7) is 6.31. The molecule has 1 aliphatic rings. The molecule has 1 atom stereocenters. The average Bonchev–Trinajstić information content (AvgIpc) is 3.45. The second kappa shape index (κ2) is 10.6. The summed E-state index contributed by atoms with van der Waals surface area (Å²) >= 11 is 1.36. The maximum absolute atomic E-state index is 13.5. The second-order valence-corrected chi connectivity index (χ2v) is 8.83. The van der Waals surface area contributed by atoms with E-state index in [-0.39, 0.29) is 11.8 Å². The second-order valence-electron chi connectivity index (χ2n) is 7.76. The number of likely N-dealkylation sites (N-methyl/N-ethyl adjacent to an activating group) is 1. The molecule has 0 N–H and O–H groups in total. The van der Waals surface area contributed by atoms with Crippen LogP contribution in [0.15, 0.2) is 59.9 Å². The first-order valence-electron chi connectivity index (χ1n) is 11.3. The Morgan fingerprint density at radius 1 is 1.09 bits per heavy atom. The maximum atomic E-state index is 13.5. The topological polar surface area (TPSA) is 84.2 Å². The first-order chi connectivity index (χ1) is 16.1. The maximum Gasteiger partial charge on any atom is 0.240 e. The molecule has 1 aliphatic heterocycles. The lowest BCUT2D eigenvalue weighted by atomic mass is 10.1. The van der Waals surface area contributed by atoms with Crippen LogP contribution in [-0.4, -0.2) is 61.0 Å². The summed E-state index contributed by atoms with van der Waals surface area (Å²) in [6, 6.07) is 15.4. The van der Waals surface area contributed by atoms with Crippen LogP contribution in [0.5, 0.6) is 0 Å². The Kier molecular flexibility index (Phi) is 7.39. The number of benzene rings is 1. The van der Waals surface area contributed by atoms with Gasteiger partial charge in [-0.3, -0.25) is 14.2 Å². The highest BCUT2D eigenvalue weighted by Crippen LogP contribution is 2.37. The van der Waals surface area contributed by atoms with E-state index in [0.717, 1.165) is 12.0 Å². The standard InChI is InChI=1S/C24H28N6O2S/c1-3-28(4-2)23(32)22(18-11-6-5-7-12-18)33-24-27-26-20(17-29-16-10-14-21(29)31)30(24)19-13-8-9-15-25-19/h5-9,11-13,15,22H,3-4,10,14,16-17H2,1-2H3. The SMILES string of the molecule is CCN(CC)C(=O)C(Sc1nnc(CN2CCCC2=O)n1-c1ccccn1)c1ccccc1. The van der Waals surface area contributed by atoms with E-state index in [1.54, 1.807) is 11.1 Å². The molecule has 1 saturated heterocycles. The largest absolute Gasteiger partial charge is 0.342 e. The lowest BCUT2D eigenvalue weighted by Crippen LogP contribution is -2.34. The molecular weight excluding hydrogens is 436 g/mol. The summed E-state index contributed by atoms with van der Waals surface area (Å²) in [5.41, 5.74) is 0.909. The van der Waals surface area contributed by atoms with Gasteiger partial charge in [0.25, 0.3) is 0 Å². The van der Waals surface area contributed by atoms with Gasteiger partial charge in [-0.25, -0.2) is 4.98 Å². The molecule has 3 aromatic rings. The third-order valence-electron chi connectivity index (χ3n) is 5.71. The Labute approximate surface area is 198 Å². The van der Waals surface area contributed by atoms with Gasteiger partial charge in [-0.2, -0.15) is 0 Å². The number of aromatic nitrogens is 4. The molecule has 3 heterocycles. The Bertz CT molecular complexity index is 1080. The zero-order chi connectivity index (χ0) is 23.2. The minimum atomic E-state index is -0.473. The van der Waals surface area contributed by atoms with Crippen molar-refractivity contribution in [2.45, 2.75) is 43.6 Å². The Morgan fingerprint density at radius 3 is 2.48 bits per heavy atom. The van der Waals surface area contributed by atoms with Gasteiger partial charge in [0.2, 0.25) is 11.8 Å². The van der Waals surface area contributed by atoms with Gasteiger partial charge in [0.1, 0.15) is 11.1 Å². The van der Waals surface area contributed by atoms with Gasteiger partial charge in [-0.15, -0.1) is 10.2 Å². The molecule has 2 aromatic heterocycles. The first-order valence-corrected chi connectivity index (χ1v) is 12.1. The van der Waals surface area contributed by atoms with Gasteiger partial charge < -0.3 is 9.80 Å². The summed E-state index contributed by atoms with van der Waals surface area (Å²) in [7, 11) is 0. The molecule has 0 aliphatic carbocycles. The van der Waals surface area contributed by atoms with Crippen molar-refractivity contribution < 1.29 is 9.59 Å². The van der Waals surface area contributed by atoms with Crippen molar-refractivity contribution in [2.24, 2.45) is 0 Å². The predicted octanol–water partition coefficient (Wildman–Crippen LogP) is 3.49. The lowest BCUT2D eigenvalue weighted by Gasteiger charge is -2.25. The van der Waals surface area contributed by atoms with Gasteiger partial charge in [0.15, 0.2) is 11.0 Å². The minimum absolute atomic E-state index is 0.0306. The van der Waals surface area contributed by atoms with E-state index >= 15 is 0 Å². The molecule has 1 aromatic carbocycles. The van der Waals surface area contributed by atoms with Gasteiger partial charge in [-0.05, 0) is 38.0 Å². The van der Waals surface area contributed by atoms with E-state index in [9.17, 15) is 9.59 Å². The van der Waals surface area contributed by atoms with E-state index < -0.39 is 5.25 Å². The van der Waals surface area contributed by atoms with Crippen molar-refractivity contribution >= 4 is 23.6 Å². The molecule has 0 saturated carbocycles. The van der Waals surface area contributed by atoms with E-state index in [1.807, 2.05) is 71.8 Å². The Balaban J connectivity index is 1.73. The van der Waals surface area contributed by atoms with Crippen LogP contribution in [0.25, 0.3) is 5.82 Å². The van der Waals surface area contributed by atoms with E-state index in [0.29, 0.717) is 49.4 Å². The zero-order valence-electron chi connectivity index (χ0n) is 18.9. The monoisotopic (exact) mass is 464 g/mol. The van der Waals surface area contributed by atoms with Crippen molar-refractivity contribution in [1.29, 1.82) is 0 Å². The van der Waals surface area contributed by atoms with Crippen molar-refractivity contribution in [3.8, 4) is 5.82 Å². The highest BCUT2D eigenvalue weighted by molar-refractivity contribution is 8.00. The smallest absolute Gasteiger partial charge is 0.240 e. The summed E-state index contributed by atoms with van der Waals surface area (Å²) in [5.74, 6) is 1.45. The molecule has 1 fully saturated rings. The molecule has 4 rings (SSSR count). The molecule has 2 amide bonds. The number of thioether (sulfide) groups is 1. The summed E-state index contributed by atoms with van der Waals surface area (Å²) in [6.07, 6.45) is 3.13. The lowest BCUT2D eigenvalue weighted by molar-refractivity contribution is -0.130.